The Balaban J connectivity index is 1.85. The summed E-state index contributed by atoms with van der Waals surface area (Å²) in [5.74, 6) is 5.52. The van der Waals surface area contributed by atoms with Crippen molar-refractivity contribution in [1.29, 1.82) is 0 Å². The first kappa shape index (κ1) is 15.0. The summed E-state index contributed by atoms with van der Waals surface area (Å²) in [5, 5.41) is 13.5. The lowest BCUT2D eigenvalue weighted by atomic mass is 9.99. The number of aliphatic hydroxyl groups excluding tert-OH is 1. The predicted molar refractivity (Wildman–Crippen MR) is 78.3 cm³/mol. The van der Waals surface area contributed by atoms with Gasteiger partial charge in [-0.3, -0.25) is 4.79 Å². The second kappa shape index (κ2) is 7.44. The van der Waals surface area contributed by atoms with Crippen molar-refractivity contribution in [1.82, 2.24) is 5.32 Å². The van der Waals surface area contributed by atoms with Gasteiger partial charge in [-0.1, -0.05) is 18.8 Å². The predicted octanol–water partition coefficient (Wildman–Crippen LogP) is 1.52. The van der Waals surface area contributed by atoms with Gasteiger partial charge in [-0.25, -0.2) is 0 Å². The molecule has 1 aliphatic rings. The SMILES string of the molecule is CCC1OCCC1C(=O)NCc1cc(C#CCO)cs1. The van der Waals surface area contributed by atoms with E-state index in [9.17, 15) is 4.79 Å². The maximum Gasteiger partial charge on any atom is 0.226 e. The molecule has 0 aromatic carbocycles. The van der Waals surface area contributed by atoms with Gasteiger partial charge in [-0.15, -0.1) is 11.3 Å². The van der Waals surface area contributed by atoms with Gasteiger partial charge in [0.1, 0.15) is 6.61 Å². The minimum absolute atomic E-state index is 0.0198. The zero-order valence-electron chi connectivity index (χ0n) is 11.5. The highest BCUT2D eigenvalue weighted by Gasteiger charge is 2.32. The molecule has 2 unspecified atom stereocenters. The summed E-state index contributed by atoms with van der Waals surface area (Å²) in [4.78, 5) is 13.2. The molecule has 20 heavy (non-hydrogen) atoms. The Hall–Kier alpha value is -1.35. The topological polar surface area (TPSA) is 58.6 Å². The molecule has 1 amide bonds. The van der Waals surface area contributed by atoms with Gasteiger partial charge in [0.05, 0.1) is 18.6 Å². The lowest BCUT2D eigenvalue weighted by Gasteiger charge is -2.15. The number of ether oxygens (including phenoxy) is 1. The maximum absolute atomic E-state index is 12.1. The minimum Gasteiger partial charge on any atom is -0.384 e. The molecule has 0 radical (unpaired) electrons. The fourth-order valence-electron chi connectivity index (χ4n) is 2.34. The molecule has 5 heteroatoms. The third-order valence-electron chi connectivity index (χ3n) is 3.35. The highest BCUT2D eigenvalue weighted by molar-refractivity contribution is 7.10. The van der Waals surface area contributed by atoms with Crippen LogP contribution in [0, 0.1) is 17.8 Å². The molecule has 2 heterocycles. The second-order valence-corrected chi connectivity index (χ2v) is 5.69. The summed E-state index contributed by atoms with van der Waals surface area (Å²) >= 11 is 1.56. The van der Waals surface area contributed by atoms with Gasteiger partial charge < -0.3 is 15.2 Å². The molecule has 1 aromatic rings. The van der Waals surface area contributed by atoms with Crippen molar-refractivity contribution in [3.8, 4) is 11.8 Å². The summed E-state index contributed by atoms with van der Waals surface area (Å²) in [6.07, 6.45) is 1.74. The zero-order chi connectivity index (χ0) is 14.4. The van der Waals surface area contributed by atoms with E-state index in [0.29, 0.717) is 13.2 Å². The Kier molecular flexibility index (Phi) is 5.60. The van der Waals surface area contributed by atoms with Crippen LogP contribution in [0.1, 0.15) is 30.2 Å². The molecule has 1 fully saturated rings. The molecule has 0 spiro atoms. The van der Waals surface area contributed by atoms with Crippen LogP contribution in [0.15, 0.2) is 11.4 Å². The van der Waals surface area contributed by atoms with Gasteiger partial charge in [0.25, 0.3) is 0 Å². The Bertz CT molecular complexity index is 515. The lowest BCUT2D eigenvalue weighted by Crippen LogP contribution is -2.34. The molecule has 4 nitrogen and oxygen atoms in total. The van der Waals surface area contributed by atoms with E-state index in [2.05, 4.69) is 17.2 Å². The van der Waals surface area contributed by atoms with E-state index in [4.69, 9.17) is 9.84 Å². The van der Waals surface area contributed by atoms with E-state index in [-0.39, 0.29) is 24.5 Å². The largest absolute Gasteiger partial charge is 0.384 e. The van der Waals surface area contributed by atoms with E-state index in [0.717, 1.165) is 23.3 Å². The lowest BCUT2D eigenvalue weighted by molar-refractivity contribution is -0.126. The Morgan fingerprint density at radius 2 is 2.50 bits per heavy atom. The number of rotatable bonds is 4. The third kappa shape index (κ3) is 3.83. The summed E-state index contributed by atoms with van der Waals surface area (Å²) < 4.78 is 5.54. The van der Waals surface area contributed by atoms with Crippen molar-refractivity contribution in [2.45, 2.75) is 32.4 Å². The number of carbonyl (C=O) groups is 1. The first-order valence-corrected chi connectivity index (χ1v) is 7.69. The molecular weight excluding hydrogens is 274 g/mol. The van der Waals surface area contributed by atoms with Crippen LogP contribution in [0.2, 0.25) is 0 Å². The van der Waals surface area contributed by atoms with Crippen LogP contribution in [-0.2, 0) is 16.1 Å². The highest BCUT2D eigenvalue weighted by atomic mass is 32.1. The monoisotopic (exact) mass is 293 g/mol. The van der Waals surface area contributed by atoms with E-state index in [1.807, 2.05) is 18.4 Å². The quantitative estimate of drug-likeness (QED) is 0.828. The van der Waals surface area contributed by atoms with Crippen LogP contribution in [-0.4, -0.2) is 30.3 Å². The number of amides is 1. The fourth-order valence-corrected chi connectivity index (χ4v) is 3.09. The van der Waals surface area contributed by atoms with E-state index < -0.39 is 0 Å². The molecule has 0 saturated carbocycles. The molecule has 1 aromatic heterocycles. The maximum atomic E-state index is 12.1. The van der Waals surface area contributed by atoms with Crippen LogP contribution in [0.4, 0.5) is 0 Å². The molecule has 2 rings (SSSR count). The summed E-state index contributed by atoms with van der Waals surface area (Å²) in [5.41, 5.74) is 0.879. The van der Waals surface area contributed by atoms with Gasteiger partial charge in [0.15, 0.2) is 0 Å². The second-order valence-electron chi connectivity index (χ2n) is 4.69. The Morgan fingerprint density at radius 3 is 3.25 bits per heavy atom. The van der Waals surface area contributed by atoms with Crippen molar-refractivity contribution in [3.63, 3.8) is 0 Å². The third-order valence-corrected chi connectivity index (χ3v) is 4.29. The molecule has 1 aliphatic heterocycles. The van der Waals surface area contributed by atoms with E-state index in [1.165, 1.54) is 0 Å². The summed E-state index contributed by atoms with van der Waals surface area (Å²) in [6, 6.07) is 1.94. The van der Waals surface area contributed by atoms with Gasteiger partial charge in [-0.2, -0.15) is 0 Å². The molecule has 108 valence electrons. The van der Waals surface area contributed by atoms with E-state index >= 15 is 0 Å². The van der Waals surface area contributed by atoms with Gasteiger partial charge in [0.2, 0.25) is 5.91 Å². The number of thiophene rings is 1. The molecule has 2 atom stereocenters. The van der Waals surface area contributed by atoms with Crippen LogP contribution in [0.25, 0.3) is 0 Å². The standard InChI is InChI=1S/C15H19NO3S/c1-2-14-13(5-7-19-14)15(18)16-9-12-8-11(10-20-12)4-3-6-17/h8,10,13-14,17H,2,5-7,9H2,1H3,(H,16,18). The molecule has 1 saturated heterocycles. The van der Waals surface area contributed by atoms with Crippen LogP contribution < -0.4 is 5.32 Å². The smallest absolute Gasteiger partial charge is 0.226 e. The van der Waals surface area contributed by atoms with E-state index in [1.54, 1.807) is 11.3 Å². The average Bonchev–Trinajstić information content (AvgIpc) is 3.11. The van der Waals surface area contributed by atoms with Crippen molar-refractivity contribution in [2.75, 3.05) is 13.2 Å². The number of hydrogen-bond donors (Lipinski definition) is 2. The highest BCUT2D eigenvalue weighted by Crippen LogP contribution is 2.23. The summed E-state index contributed by atoms with van der Waals surface area (Å²) in [7, 11) is 0. The Labute approximate surface area is 123 Å². The van der Waals surface area contributed by atoms with Gasteiger partial charge >= 0.3 is 0 Å². The number of hydrogen-bond acceptors (Lipinski definition) is 4. The average molecular weight is 293 g/mol. The Morgan fingerprint density at radius 1 is 1.65 bits per heavy atom. The molecular formula is C15H19NO3S. The first-order chi connectivity index (χ1) is 9.74. The number of aliphatic hydroxyl groups is 1. The van der Waals surface area contributed by atoms with Crippen LogP contribution >= 0.6 is 11.3 Å². The van der Waals surface area contributed by atoms with Crippen molar-refractivity contribution < 1.29 is 14.6 Å². The van der Waals surface area contributed by atoms with Crippen molar-refractivity contribution in [2.24, 2.45) is 5.92 Å². The van der Waals surface area contributed by atoms with Crippen LogP contribution in [0.5, 0.6) is 0 Å². The minimum atomic E-state index is -0.137. The van der Waals surface area contributed by atoms with Gasteiger partial charge in [-0.05, 0) is 18.9 Å². The normalized spacial score (nSPS) is 21.3. The number of nitrogens with one attached hydrogen (secondary N) is 1. The zero-order valence-corrected chi connectivity index (χ0v) is 12.3. The van der Waals surface area contributed by atoms with Crippen molar-refractivity contribution >= 4 is 17.2 Å². The molecule has 0 aliphatic carbocycles. The van der Waals surface area contributed by atoms with Gasteiger partial charge in [0, 0.05) is 22.4 Å². The molecule has 2 N–H and O–H groups in total. The number of carbonyl (C=O) groups excluding carboxylic acids is 1. The molecule has 0 bridgehead atoms. The van der Waals surface area contributed by atoms with Crippen molar-refractivity contribution in [3.05, 3.63) is 21.9 Å². The summed E-state index contributed by atoms with van der Waals surface area (Å²) in [6.45, 7) is 3.11. The fraction of sp³-hybridized carbons (Fsp3) is 0.533. The van der Waals surface area contributed by atoms with Crippen LogP contribution in [0.3, 0.4) is 0 Å². The first-order valence-electron chi connectivity index (χ1n) is 6.81.